The van der Waals surface area contributed by atoms with Gasteiger partial charge in [-0.1, -0.05) is 54.6 Å². The third kappa shape index (κ3) is 3.64. The van der Waals surface area contributed by atoms with Crippen LogP contribution in [-0.2, 0) is 14.4 Å². The second-order valence-corrected chi connectivity index (χ2v) is 7.63. The van der Waals surface area contributed by atoms with Crippen LogP contribution in [0.15, 0.2) is 66.8 Å². The fourth-order valence-corrected chi connectivity index (χ4v) is 4.02. The van der Waals surface area contributed by atoms with Crippen LogP contribution in [0.4, 0.5) is 17.1 Å². The molecule has 6 heteroatoms. The normalized spacial score (nSPS) is 17.1. The summed E-state index contributed by atoms with van der Waals surface area (Å²) in [4.78, 5) is 39.6. The highest BCUT2D eigenvalue weighted by Crippen LogP contribution is 2.34. The molecule has 2 aromatic carbocycles. The fraction of sp³-hybridized carbons (Fsp3) is 0.208. The molecule has 30 heavy (non-hydrogen) atoms. The van der Waals surface area contributed by atoms with Gasteiger partial charge in [-0.25, -0.2) is 0 Å². The highest BCUT2D eigenvalue weighted by atomic mass is 16.2. The average Bonchev–Trinajstić information content (AvgIpc) is 3.20. The molecule has 1 aliphatic carbocycles. The molecule has 4 rings (SSSR count). The number of rotatable bonds is 4. The van der Waals surface area contributed by atoms with Crippen LogP contribution in [-0.4, -0.2) is 17.7 Å². The van der Waals surface area contributed by atoms with Crippen molar-refractivity contribution in [2.75, 3.05) is 16.0 Å². The quantitative estimate of drug-likeness (QED) is 0.681. The van der Waals surface area contributed by atoms with Crippen molar-refractivity contribution >= 4 is 34.8 Å². The highest BCUT2D eigenvalue weighted by molar-refractivity contribution is 6.18. The monoisotopic (exact) mass is 401 g/mol. The molecule has 3 N–H and O–H groups in total. The van der Waals surface area contributed by atoms with E-state index in [0.717, 1.165) is 11.1 Å². The molecular formula is C24H23N3O3. The number of hydrogen-bond acceptors (Lipinski definition) is 3. The van der Waals surface area contributed by atoms with E-state index in [2.05, 4.69) is 16.0 Å². The van der Waals surface area contributed by atoms with Crippen molar-refractivity contribution in [3.8, 4) is 0 Å². The largest absolute Gasteiger partial charge is 0.325 e. The number of aryl methyl sites for hydroxylation is 2. The lowest BCUT2D eigenvalue weighted by atomic mass is 9.80. The highest BCUT2D eigenvalue weighted by Gasteiger charge is 2.44. The second kappa shape index (κ2) is 7.99. The van der Waals surface area contributed by atoms with E-state index in [0.29, 0.717) is 17.1 Å². The second-order valence-electron chi connectivity index (χ2n) is 7.63. The van der Waals surface area contributed by atoms with Gasteiger partial charge in [-0.15, -0.1) is 0 Å². The number of carbonyl (C=O) groups is 3. The van der Waals surface area contributed by atoms with Gasteiger partial charge in [0.2, 0.25) is 17.7 Å². The van der Waals surface area contributed by atoms with Crippen LogP contribution >= 0.6 is 0 Å². The lowest BCUT2D eigenvalue weighted by Gasteiger charge is -2.27. The summed E-state index contributed by atoms with van der Waals surface area (Å²) in [5.74, 6) is -3.79. The predicted molar refractivity (Wildman–Crippen MR) is 117 cm³/mol. The Kier molecular flexibility index (Phi) is 5.23. The van der Waals surface area contributed by atoms with E-state index in [-0.39, 0.29) is 11.8 Å². The maximum atomic E-state index is 13.4. The molecule has 0 saturated carbocycles. The van der Waals surface area contributed by atoms with Crippen molar-refractivity contribution in [2.45, 2.75) is 13.8 Å². The van der Waals surface area contributed by atoms with Crippen molar-refractivity contribution in [2.24, 2.45) is 17.8 Å². The summed E-state index contributed by atoms with van der Waals surface area (Å²) in [5, 5.41) is 8.56. The molecule has 1 heterocycles. The predicted octanol–water partition coefficient (Wildman–Crippen LogP) is 3.81. The van der Waals surface area contributed by atoms with E-state index in [9.17, 15) is 14.4 Å². The summed E-state index contributed by atoms with van der Waals surface area (Å²) in [7, 11) is 0. The number of amides is 3. The molecule has 2 aliphatic rings. The smallest absolute Gasteiger partial charge is 0.237 e. The lowest BCUT2D eigenvalue weighted by molar-refractivity contribution is -0.137. The molecule has 6 nitrogen and oxygen atoms in total. The van der Waals surface area contributed by atoms with Crippen molar-refractivity contribution in [1.29, 1.82) is 0 Å². The van der Waals surface area contributed by atoms with E-state index in [1.165, 1.54) is 0 Å². The molecule has 1 unspecified atom stereocenters. The van der Waals surface area contributed by atoms with Crippen molar-refractivity contribution in [3.63, 3.8) is 0 Å². The van der Waals surface area contributed by atoms with Gasteiger partial charge in [-0.3, -0.25) is 14.4 Å². The van der Waals surface area contributed by atoms with E-state index >= 15 is 0 Å². The van der Waals surface area contributed by atoms with Crippen LogP contribution in [0, 0.1) is 31.6 Å². The fourth-order valence-electron chi connectivity index (χ4n) is 4.02. The Labute approximate surface area is 175 Å². The first-order chi connectivity index (χ1) is 14.5. The topological polar surface area (TPSA) is 87.3 Å². The molecule has 3 amide bonds. The number of allylic oxidation sites excluding steroid dienone is 4. The number of nitrogens with one attached hydrogen (secondary N) is 3. The van der Waals surface area contributed by atoms with Crippen molar-refractivity contribution in [3.05, 3.63) is 77.9 Å². The molecule has 0 aromatic heterocycles. The molecule has 2 aromatic rings. The molecule has 1 aliphatic heterocycles. The molecule has 152 valence electrons. The SMILES string of the molecule is Cc1cccc(C)c1NC(=O)C(C1C=CC=C1)C1C(=O)Nc2ccccc2NC1=O. The molecule has 0 fully saturated rings. The van der Waals surface area contributed by atoms with Gasteiger partial charge < -0.3 is 16.0 Å². The number of carbonyl (C=O) groups excluding carboxylic acids is 3. The Morgan fingerprint density at radius 1 is 0.867 bits per heavy atom. The number of para-hydroxylation sites is 3. The Balaban J connectivity index is 1.70. The van der Waals surface area contributed by atoms with Gasteiger partial charge in [0, 0.05) is 11.6 Å². The zero-order valence-corrected chi connectivity index (χ0v) is 16.8. The number of fused-ring (bicyclic) bond motifs is 1. The molecule has 1 atom stereocenters. The van der Waals surface area contributed by atoms with Crippen molar-refractivity contribution in [1.82, 2.24) is 0 Å². The van der Waals surface area contributed by atoms with Crippen molar-refractivity contribution < 1.29 is 14.4 Å². The van der Waals surface area contributed by atoms with Gasteiger partial charge in [-0.2, -0.15) is 0 Å². The van der Waals surface area contributed by atoms with Crippen LogP contribution in [0.5, 0.6) is 0 Å². The molecule has 0 saturated heterocycles. The van der Waals surface area contributed by atoms with Crippen LogP contribution in [0.3, 0.4) is 0 Å². The zero-order chi connectivity index (χ0) is 21.3. The summed E-state index contributed by atoms with van der Waals surface area (Å²) < 4.78 is 0. The van der Waals surface area contributed by atoms with E-state index < -0.39 is 23.7 Å². The lowest BCUT2D eigenvalue weighted by Crippen LogP contribution is -2.45. The van der Waals surface area contributed by atoms with Crippen LogP contribution in [0.2, 0.25) is 0 Å². The van der Waals surface area contributed by atoms with Gasteiger partial charge >= 0.3 is 0 Å². The van der Waals surface area contributed by atoms with E-state index in [1.807, 2.05) is 56.4 Å². The summed E-state index contributed by atoms with van der Waals surface area (Å²) in [6, 6.07) is 12.7. The van der Waals surface area contributed by atoms with Gasteiger partial charge in [-0.05, 0) is 37.1 Å². The molecular weight excluding hydrogens is 378 g/mol. The Morgan fingerprint density at radius 3 is 1.93 bits per heavy atom. The van der Waals surface area contributed by atoms with Gasteiger partial charge in [0.1, 0.15) is 5.92 Å². The van der Waals surface area contributed by atoms with Gasteiger partial charge in [0.25, 0.3) is 0 Å². The number of benzene rings is 2. The maximum Gasteiger partial charge on any atom is 0.237 e. The minimum atomic E-state index is -1.18. The Morgan fingerprint density at radius 2 is 1.40 bits per heavy atom. The van der Waals surface area contributed by atoms with Gasteiger partial charge in [0.15, 0.2) is 0 Å². The van der Waals surface area contributed by atoms with Crippen LogP contribution < -0.4 is 16.0 Å². The summed E-state index contributed by atoms with van der Waals surface area (Å²) >= 11 is 0. The minimum absolute atomic E-state index is 0.364. The number of hydrogen-bond donors (Lipinski definition) is 3. The molecule has 0 spiro atoms. The summed E-state index contributed by atoms with van der Waals surface area (Å²) in [6.45, 7) is 3.82. The third-order valence-corrected chi connectivity index (χ3v) is 5.59. The number of anilines is 3. The minimum Gasteiger partial charge on any atom is -0.325 e. The average molecular weight is 401 g/mol. The third-order valence-electron chi connectivity index (χ3n) is 5.59. The first kappa shape index (κ1) is 19.6. The summed E-state index contributed by atoms with van der Waals surface area (Å²) in [6.07, 6.45) is 7.33. The summed E-state index contributed by atoms with van der Waals surface area (Å²) in [5.41, 5.74) is 3.58. The van der Waals surface area contributed by atoms with E-state index in [1.54, 1.807) is 24.3 Å². The maximum absolute atomic E-state index is 13.4. The first-order valence-electron chi connectivity index (χ1n) is 9.88. The standard InChI is InChI=1S/C24H23N3O3/c1-14-8-7-9-15(2)21(14)27-22(28)19(16-10-3-4-11-16)20-23(29)25-17-12-5-6-13-18(17)26-24(20)30/h3-13,16,19-20H,1-2H3,(H,25,29)(H,26,30)(H,27,28). The Hall–Kier alpha value is -3.67. The zero-order valence-electron chi connectivity index (χ0n) is 16.8. The Bertz CT molecular complexity index is 1020. The molecule has 0 radical (unpaired) electrons. The van der Waals surface area contributed by atoms with E-state index in [4.69, 9.17) is 0 Å². The van der Waals surface area contributed by atoms with Crippen LogP contribution in [0.1, 0.15) is 11.1 Å². The first-order valence-corrected chi connectivity index (χ1v) is 9.88. The molecule has 0 bridgehead atoms. The van der Waals surface area contributed by atoms with Gasteiger partial charge in [0.05, 0.1) is 17.3 Å². The van der Waals surface area contributed by atoms with Crippen LogP contribution in [0.25, 0.3) is 0 Å².